The molecular weight excluding hydrogens is 502 g/mol. The summed E-state index contributed by atoms with van der Waals surface area (Å²) in [7, 11) is 0. The number of hydrogen-bond acceptors (Lipinski definition) is 4. The molecule has 0 saturated heterocycles. The van der Waals surface area contributed by atoms with Crippen LogP contribution in [0.2, 0.25) is 5.02 Å². The summed E-state index contributed by atoms with van der Waals surface area (Å²) < 4.78 is 7.69. The third kappa shape index (κ3) is 6.34. The van der Waals surface area contributed by atoms with E-state index in [1.807, 2.05) is 66.9 Å². The maximum atomic E-state index is 12.9. The molecule has 1 saturated carbocycles. The van der Waals surface area contributed by atoms with Gasteiger partial charge >= 0.3 is 5.97 Å². The minimum absolute atomic E-state index is 0.149. The van der Waals surface area contributed by atoms with Crippen molar-refractivity contribution in [2.24, 2.45) is 5.92 Å². The lowest BCUT2D eigenvalue weighted by Crippen LogP contribution is -2.42. The topological polar surface area (TPSA) is 92.9 Å². The van der Waals surface area contributed by atoms with Gasteiger partial charge in [-0.05, 0) is 71.8 Å². The van der Waals surface area contributed by atoms with Crippen molar-refractivity contribution in [3.63, 3.8) is 0 Å². The molecule has 0 spiro atoms. The van der Waals surface area contributed by atoms with E-state index in [1.165, 1.54) is 32.1 Å². The third-order valence-electron chi connectivity index (χ3n) is 7.04. The molecule has 0 aliphatic heterocycles. The number of rotatable bonds is 9. The zero-order valence-electron chi connectivity index (χ0n) is 21.0. The van der Waals surface area contributed by atoms with Gasteiger partial charge in [0.15, 0.2) is 0 Å². The molecule has 1 unspecified atom stereocenters. The number of hydrogen-bond donors (Lipinski definition) is 2. The number of carbonyl (C=O) groups excluding carboxylic acids is 1. The Kier molecular flexibility index (Phi) is 7.94. The molecule has 7 nitrogen and oxygen atoms in total. The highest BCUT2D eigenvalue weighted by Gasteiger charge is 2.23. The number of nitrogens with zero attached hydrogens (tertiary/aromatic N) is 2. The number of benzene rings is 2. The molecule has 1 fully saturated rings. The maximum Gasteiger partial charge on any atom is 0.326 e. The summed E-state index contributed by atoms with van der Waals surface area (Å²) in [5.41, 5.74) is 3.45. The maximum absolute atomic E-state index is 12.9. The first-order valence-corrected chi connectivity index (χ1v) is 13.3. The Bertz CT molecular complexity index is 1410. The fourth-order valence-electron chi connectivity index (χ4n) is 4.87. The molecule has 2 N–H and O–H groups in total. The number of amides is 1. The Hall–Kier alpha value is -3.84. The minimum Gasteiger partial charge on any atom is -0.493 e. The van der Waals surface area contributed by atoms with Crippen LogP contribution in [0.1, 0.15) is 48.2 Å². The quantitative estimate of drug-likeness (QED) is 0.275. The Morgan fingerprint density at radius 1 is 0.974 bits per heavy atom. The summed E-state index contributed by atoms with van der Waals surface area (Å²) in [4.78, 5) is 29.2. The summed E-state index contributed by atoms with van der Waals surface area (Å²) in [5, 5.41) is 13.0. The Morgan fingerprint density at radius 2 is 1.68 bits per heavy atom. The van der Waals surface area contributed by atoms with Gasteiger partial charge < -0.3 is 19.6 Å². The molecule has 1 amide bonds. The van der Waals surface area contributed by atoms with E-state index >= 15 is 0 Å². The van der Waals surface area contributed by atoms with Crippen LogP contribution < -0.4 is 10.1 Å². The van der Waals surface area contributed by atoms with E-state index in [4.69, 9.17) is 16.3 Å². The van der Waals surface area contributed by atoms with Crippen molar-refractivity contribution in [1.29, 1.82) is 0 Å². The average Bonchev–Trinajstić information content (AvgIpc) is 3.37. The van der Waals surface area contributed by atoms with Gasteiger partial charge in [0.1, 0.15) is 23.1 Å². The number of halogens is 1. The number of nitrogens with one attached hydrogen (secondary N) is 1. The largest absolute Gasteiger partial charge is 0.493 e. The lowest BCUT2D eigenvalue weighted by atomic mass is 9.90. The van der Waals surface area contributed by atoms with Gasteiger partial charge in [-0.25, -0.2) is 9.78 Å². The second kappa shape index (κ2) is 11.7. The normalized spacial score (nSPS) is 14.8. The van der Waals surface area contributed by atoms with Gasteiger partial charge in [-0.15, -0.1) is 0 Å². The Balaban J connectivity index is 1.22. The summed E-state index contributed by atoms with van der Waals surface area (Å²) in [5.74, 6) is -0.261. The summed E-state index contributed by atoms with van der Waals surface area (Å²) in [6.45, 7) is 0.716. The smallest absolute Gasteiger partial charge is 0.326 e. The van der Waals surface area contributed by atoms with Gasteiger partial charge in [-0.2, -0.15) is 0 Å². The van der Waals surface area contributed by atoms with Crippen LogP contribution in [0.3, 0.4) is 0 Å². The van der Waals surface area contributed by atoms with Crippen LogP contribution in [-0.2, 0) is 11.2 Å². The molecule has 196 valence electrons. The van der Waals surface area contributed by atoms with Crippen LogP contribution in [0.5, 0.6) is 5.75 Å². The molecule has 2 aromatic carbocycles. The van der Waals surface area contributed by atoms with Crippen molar-refractivity contribution in [2.75, 3.05) is 6.61 Å². The number of fused-ring (bicyclic) bond motifs is 1. The first-order chi connectivity index (χ1) is 18.4. The van der Waals surface area contributed by atoms with Crippen molar-refractivity contribution in [3.05, 3.63) is 89.3 Å². The Morgan fingerprint density at radius 3 is 2.39 bits per heavy atom. The molecule has 38 heavy (non-hydrogen) atoms. The van der Waals surface area contributed by atoms with E-state index in [1.54, 1.807) is 10.6 Å². The van der Waals surface area contributed by atoms with Gasteiger partial charge in [-0.3, -0.25) is 4.79 Å². The summed E-state index contributed by atoms with van der Waals surface area (Å²) in [6, 6.07) is 17.5. The van der Waals surface area contributed by atoms with Crippen molar-refractivity contribution >= 4 is 29.1 Å². The predicted molar refractivity (Wildman–Crippen MR) is 147 cm³/mol. The van der Waals surface area contributed by atoms with E-state index in [9.17, 15) is 14.7 Å². The predicted octanol–water partition coefficient (Wildman–Crippen LogP) is 6.04. The Labute approximate surface area is 226 Å². The molecule has 1 atom stereocenters. The summed E-state index contributed by atoms with van der Waals surface area (Å²) >= 11 is 5.99. The molecule has 8 heteroatoms. The van der Waals surface area contributed by atoms with E-state index in [0.29, 0.717) is 23.2 Å². The molecule has 4 aromatic rings. The van der Waals surface area contributed by atoms with E-state index in [2.05, 4.69) is 10.3 Å². The van der Waals surface area contributed by atoms with Crippen molar-refractivity contribution < 1.29 is 19.4 Å². The number of carboxylic acids is 1. The van der Waals surface area contributed by atoms with E-state index in [0.717, 1.165) is 22.4 Å². The zero-order chi connectivity index (χ0) is 26.5. The first-order valence-electron chi connectivity index (χ1n) is 12.9. The number of aliphatic carboxylic acids is 1. The summed E-state index contributed by atoms with van der Waals surface area (Å²) in [6.07, 6.45) is 9.91. The second-order valence-corrected chi connectivity index (χ2v) is 10.3. The van der Waals surface area contributed by atoms with Gasteiger partial charge in [0.25, 0.3) is 5.91 Å². The van der Waals surface area contributed by atoms with Crippen molar-refractivity contribution in [3.8, 4) is 16.9 Å². The number of pyridine rings is 1. The van der Waals surface area contributed by atoms with Crippen molar-refractivity contribution in [1.82, 2.24) is 14.7 Å². The number of carboxylic acid groups (broad SMARTS) is 1. The van der Waals surface area contributed by atoms with Gasteiger partial charge in [0, 0.05) is 23.8 Å². The van der Waals surface area contributed by atoms with Crippen LogP contribution >= 0.6 is 11.6 Å². The second-order valence-electron chi connectivity index (χ2n) is 9.84. The molecule has 5 rings (SSSR count). The molecule has 1 aliphatic rings. The standard InChI is InChI=1S/C30H30ClN3O4/c31-24-11-8-22(9-12-24)23-10-15-28-32-27(18-34(28)17-23)29(35)33-26(30(36)37)16-20-6-13-25(14-7-20)38-19-21-4-2-1-3-5-21/h6-15,17-18,21,26H,1-5,16,19H2,(H,33,35)(H,36,37). The SMILES string of the molecule is O=C(NC(Cc1ccc(OCC2CCCCC2)cc1)C(=O)O)c1cn2cc(-c3ccc(Cl)cc3)ccc2n1. The number of carbonyl (C=O) groups is 2. The highest BCUT2D eigenvalue weighted by atomic mass is 35.5. The van der Waals surface area contributed by atoms with Crippen LogP contribution in [0.15, 0.2) is 73.1 Å². The molecule has 0 bridgehead atoms. The highest BCUT2D eigenvalue weighted by Crippen LogP contribution is 2.25. The molecule has 2 aromatic heterocycles. The van der Waals surface area contributed by atoms with Gasteiger partial charge in [0.05, 0.1) is 6.61 Å². The third-order valence-corrected chi connectivity index (χ3v) is 7.29. The lowest BCUT2D eigenvalue weighted by Gasteiger charge is -2.21. The fourth-order valence-corrected chi connectivity index (χ4v) is 5.00. The monoisotopic (exact) mass is 531 g/mol. The van der Waals surface area contributed by atoms with Crippen LogP contribution in [0, 0.1) is 5.92 Å². The molecule has 2 heterocycles. The molecular formula is C30H30ClN3O4. The minimum atomic E-state index is -1.11. The first kappa shape index (κ1) is 25.8. The van der Waals surface area contributed by atoms with E-state index < -0.39 is 17.9 Å². The van der Waals surface area contributed by atoms with E-state index in [-0.39, 0.29) is 12.1 Å². The van der Waals surface area contributed by atoms with Gasteiger partial charge in [-0.1, -0.05) is 55.1 Å². The van der Waals surface area contributed by atoms with Crippen LogP contribution in [0.4, 0.5) is 0 Å². The molecule has 1 aliphatic carbocycles. The highest BCUT2D eigenvalue weighted by molar-refractivity contribution is 6.30. The van der Waals surface area contributed by atoms with Gasteiger partial charge in [0.2, 0.25) is 0 Å². The van der Waals surface area contributed by atoms with Crippen LogP contribution in [-0.4, -0.2) is 39.0 Å². The van der Waals surface area contributed by atoms with Crippen LogP contribution in [0.25, 0.3) is 16.8 Å². The molecule has 0 radical (unpaired) electrons. The zero-order valence-corrected chi connectivity index (χ0v) is 21.7. The fraction of sp³-hybridized carbons (Fsp3) is 0.300. The van der Waals surface area contributed by atoms with Crippen molar-refractivity contribution in [2.45, 2.75) is 44.6 Å². The average molecular weight is 532 g/mol. The number of imidazole rings is 1. The number of aromatic nitrogens is 2. The lowest BCUT2D eigenvalue weighted by molar-refractivity contribution is -0.139. The number of ether oxygens (including phenoxy) is 1.